The first-order valence-electron chi connectivity index (χ1n) is 7.53. The van der Waals surface area contributed by atoms with Gasteiger partial charge in [0, 0.05) is 30.2 Å². The van der Waals surface area contributed by atoms with Crippen LogP contribution in [0, 0.1) is 5.41 Å². The zero-order valence-corrected chi connectivity index (χ0v) is 14.1. The molecule has 112 valence electrons. The number of nitrogens with zero attached hydrogens (tertiary/aromatic N) is 1. The van der Waals surface area contributed by atoms with Gasteiger partial charge >= 0.3 is 0 Å². The molecule has 3 heteroatoms. The van der Waals surface area contributed by atoms with Crippen molar-refractivity contribution < 1.29 is 0 Å². The van der Waals surface area contributed by atoms with Crippen molar-refractivity contribution in [2.24, 2.45) is 5.41 Å². The predicted molar refractivity (Wildman–Crippen MR) is 87.4 cm³/mol. The van der Waals surface area contributed by atoms with E-state index < -0.39 is 0 Å². The zero-order chi connectivity index (χ0) is 14.9. The number of likely N-dealkylation sites (N-methyl/N-ethyl adjacent to an activating group) is 1. The predicted octanol–water partition coefficient (Wildman–Crippen LogP) is 3.89. The van der Waals surface area contributed by atoms with Crippen LogP contribution in [0.4, 0.5) is 0 Å². The molecule has 0 fully saturated rings. The van der Waals surface area contributed by atoms with E-state index in [1.807, 2.05) is 6.07 Å². The molecule has 1 N–H and O–H groups in total. The van der Waals surface area contributed by atoms with Crippen molar-refractivity contribution in [3.05, 3.63) is 34.3 Å². The molecule has 1 aliphatic rings. The van der Waals surface area contributed by atoms with Gasteiger partial charge < -0.3 is 10.2 Å². The van der Waals surface area contributed by atoms with Crippen LogP contribution in [0.25, 0.3) is 0 Å². The molecule has 1 aromatic carbocycles. The lowest BCUT2D eigenvalue weighted by atomic mass is 9.85. The molecule has 1 unspecified atom stereocenters. The summed E-state index contributed by atoms with van der Waals surface area (Å²) in [5.74, 6) is 0. The maximum atomic E-state index is 6.17. The van der Waals surface area contributed by atoms with Crippen LogP contribution < -0.4 is 5.32 Å². The summed E-state index contributed by atoms with van der Waals surface area (Å²) in [6.45, 7) is 11.2. The molecule has 0 amide bonds. The number of rotatable bonds is 5. The first-order chi connectivity index (χ1) is 9.31. The Balaban J connectivity index is 2.05. The van der Waals surface area contributed by atoms with Crippen molar-refractivity contribution in [2.45, 2.75) is 46.2 Å². The molecule has 0 bridgehead atoms. The second kappa shape index (κ2) is 6.05. The minimum Gasteiger partial charge on any atom is -0.308 e. The van der Waals surface area contributed by atoms with Gasteiger partial charge in [0.05, 0.1) is 0 Å². The average Bonchev–Trinajstić information content (AvgIpc) is 2.60. The van der Waals surface area contributed by atoms with E-state index in [0.29, 0.717) is 12.1 Å². The summed E-state index contributed by atoms with van der Waals surface area (Å²) in [4.78, 5) is 2.37. The fraction of sp³-hybridized carbons (Fsp3) is 0.647. The molecular weight excluding hydrogens is 268 g/mol. The molecule has 0 aliphatic heterocycles. The highest BCUT2D eigenvalue weighted by Gasteiger charge is 2.38. The molecule has 20 heavy (non-hydrogen) atoms. The molecule has 1 atom stereocenters. The van der Waals surface area contributed by atoms with Gasteiger partial charge in [0.25, 0.3) is 0 Å². The standard InChI is InChI=1S/C17H27ClN2/c1-12(2)20(5)9-8-19-16-15-10-14(18)7-6-13(15)11-17(16,3)4/h6-7,10,12,16,19H,8-9,11H2,1-5H3. The number of benzene rings is 1. The van der Waals surface area contributed by atoms with E-state index in [-0.39, 0.29) is 5.41 Å². The first-order valence-corrected chi connectivity index (χ1v) is 7.91. The van der Waals surface area contributed by atoms with Crippen LogP contribution in [-0.4, -0.2) is 31.1 Å². The Kier molecular flexibility index (Phi) is 4.78. The van der Waals surface area contributed by atoms with E-state index in [0.717, 1.165) is 24.5 Å². The Morgan fingerprint density at radius 1 is 1.40 bits per heavy atom. The topological polar surface area (TPSA) is 15.3 Å². The zero-order valence-electron chi connectivity index (χ0n) is 13.3. The molecule has 1 aliphatic carbocycles. The molecule has 2 nitrogen and oxygen atoms in total. The highest BCUT2D eigenvalue weighted by molar-refractivity contribution is 6.30. The van der Waals surface area contributed by atoms with Crippen molar-refractivity contribution in [2.75, 3.05) is 20.1 Å². The van der Waals surface area contributed by atoms with Gasteiger partial charge in [-0.2, -0.15) is 0 Å². The van der Waals surface area contributed by atoms with Crippen LogP contribution in [0.1, 0.15) is 44.9 Å². The van der Waals surface area contributed by atoms with Crippen molar-refractivity contribution in [1.29, 1.82) is 0 Å². The summed E-state index contributed by atoms with van der Waals surface area (Å²) >= 11 is 6.17. The molecule has 0 aromatic heterocycles. The van der Waals surface area contributed by atoms with Gasteiger partial charge in [-0.1, -0.05) is 31.5 Å². The molecule has 0 radical (unpaired) electrons. The van der Waals surface area contributed by atoms with E-state index >= 15 is 0 Å². The van der Waals surface area contributed by atoms with Crippen LogP contribution in [0.2, 0.25) is 5.02 Å². The molecular formula is C17H27ClN2. The Morgan fingerprint density at radius 3 is 2.75 bits per heavy atom. The van der Waals surface area contributed by atoms with Gasteiger partial charge in [0.15, 0.2) is 0 Å². The van der Waals surface area contributed by atoms with E-state index in [9.17, 15) is 0 Å². The van der Waals surface area contributed by atoms with Gasteiger partial charge in [-0.25, -0.2) is 0 Å². The van der Waals surface area contributed by atoms with E-state index in [2.05, 4.69) is 57.1 Å². The van der Waals surface area contributed by atoms with Crippen molar-refractivity contribution >= 4 is 11.6 Å². The minimum atomic E-state index is 0.253. The summed E-state index contributed by atoms with van der Waals surface area (Å²) in [6, 6.07) is 7.31. The maximum absolute atomic E-state index is 6.17. The minimum absolute atomic E-state index is 0.253. The lowest BCUT2D eigenvalue weighted by Crippen LogP contribution is -2.38. The number of fused-ring (bicyclic) bond motifs is 1. The van der Waals surface area contributed by atoms with E-state index in [1.54, 1.807) is 0 Å². The largest absolute Gasteiger partial charge is 0.308 e. The molecule has 0 saturated heterocycles. The average molecular weight is 295 g/mol. The molecule has 0 saturated carbocycles. The van der Waals surface area contributed by atoms with Crippen LogP contribution in [0.3, 0.4) is 0 Å². The van der Waals surface area contributed by atoms with Gasteiger partial charge in [-0.15, -0.1) is 0 Å². The van der Waals surface area contributed by atoms with Crippen molar-refractivity contribution in [1.82, 2.24) is 10.2 Å². The van der Waals surface area contributed by atoms with Crippen LogP contribution in [-0.2, 0) is 6.42 Å². The van der Waals surface area contributed by atoms with Gasteiger partial charge in [-0.3, -0.25) is 0 Å². The molecule has 0 spiro atoms. The van der Waals surface area contributed by atoms with E-state index in [4.69, 9.17) is 11.6 Å². The highest BCUT2D eigenvalue weighted by Crippen LogP contribution is 2.45. The number of halogens is 1. The van der Waals surface area contributed by atoms with Crippen molar-refractivity contribution in [3.8, 4) is 0 Å². The van der Waals surface area contributed by atoms with Gasteiger partial charge in [-0.05, 0) is 56.0 Å². The summed E-state index contributed by atoms with van der Waals surface area (Å²) in [5.41, 5.74) is 3.08. The second-order valence-corrected chi connectivity index (χ2v) is 7.41. The lowest BCUT2D eigenvalue weighted by Gasteiger charge is -2.30. The summed E-state index contributed by atoms with van der Waals surface area (Å²) in [7, 11) is 2.18. The quantitative estimate of drug-likeness (QED) is 0.886. The Bertz CT molecular complexity index is 468. The Morgan fingerprint density at radius 2 is 2.10 bits per heavy atom. The van der Waals surface area contributed by atoms with Crippen molar-refractivity contribution in [3.63, 3.8) is 0 Å². The highest BCUT2D eigenvalue weighted by atomic mass is 35.5. The third kappa shape index (κ3) is 3.36. The monoisotopic (exact) mass is 294 g/mol. The van der Waals surface area contributed by atoms with Crippen LogP contribution in [0.5, 0.6) is 0 Å². The normalized spacial score (nSPS) is 20.7. The summed E-state index contributed by atoms with van der Waals surface area (Å²) in [6.07, 6.45) is 1.12. The first kappa shape index (κ1) is 15.8. The van der Waals surface area contributed by atoms with Gasteiger partial charge in [0.2, 0.25) is 0 Å². The maximum Gasteiger partial charge on any atom is 0.0409 e. The third-order valence-corrected chi connectivity index (χ3v) is 4.78. The Labute approximate surface area is 128 Å². The SMILES string of the molecule is CC(C)N(C)CCNC1c2cc(Cl)ccc2CC1(C)C. The smallest absolute Gasteiger partial charge is 0.0409 e. The number of hydrogen-bond donors (Lipinski definition) is 1. The lowest BCUT2D eigenvalue weighted by molar-refractivity contribution is 0.235. The summed E-state index contributed by atoms with van der Waals surface area (Å²) < 4.78 is 0. The molecule has 2 rings (SSSR count). The van der Waals surface area contributed by atoms with E-state index in [1.165, 1.54) is 11.1 Å². The molecule has 1 aromatic rings. The van der Waals surface area contributed by atoms with Crippen LogP contribution >= 0.6 is 11.6 Å². The van der Waals surface area contributed by atoms with Gasteiger partial charge in [0.1, 0.15) is 0 Å². The summed E-state index contributed by atoms with van der Waals surface area (Å²) in [5, 5.41) is 4.58. The number of nitrogens with one attached hydrogen (secondary N) is 1. The van der Waals surface area contributed by atoms with Crippen LogP contribution in [0.15, 0.2) is 18.2 Å². The third-order valence-electron chi connectivity index (χ3n) is 4.54. The fourth-order valence-electron chi connectivity index (χ4n) is 3.04. The Hall–Kier alpha value is -0.570. The molecule has 0 heterocycles. The fourth-order valence-corrected chi connectivity index (χ4v) is 3.22. The second-order valence-electron chi connectivity index (χ2n) is 6.97. The number of hydrogen-bond acceptors (Lipinski definition) is 2.